The zero-order chi connectivity index (χ0) is 18.8. The zero-order valence-electron chi connectivity index (χ0n) is 14.8. The van der Waals surface area contributed by atoms with Crippen LogP contribution in [-0.2, 0) is 16.0 Å². The van der Waals surface area contributed by atoms with Gasteiger partial charge in [-0.15, -0.1) is 11.8 Å². The number of aliphatic hydroxyl groups excluding tert-OH is 1. The Morgan fingerprint density at radius 3 is 2.77 bits per heavy atom. The van der Waals surface area contributed by atoms with E-state index in [1.165, 1.54) is 11.8 Å². The lowest BCUT2D eigenvalue weighted by molar-refractivity contribution is -0.133. The van der Waals surface area contributed by atoms with E-state index in [1.807, 2.05) is 42.5 Å². The summed E-state index contributed by atoms with van der Waals surface area (Å²) in [5, 5.41) is 18.8. The number of carboxylic acids is 1. The molecular formula is C20H26O4S2. The molecule has 0 aromatic heterocycles. The van der Waals surface area contributed by atoms with Crippen molar-refractivity contribution in [1.82, 2.24) is 0 Å². The number of ketones is 1. The molecule has 0 bridgehead atoms. The maximum absolute atomic E-state index is 12.1. The topological polar surface area (TPSA) is 74.6 Å². The van der Waals surface area contributed by atoms with Crippen molar-refractivity contribution >= 4 is 35.3 Å². The first kappa shape index (κ1) is 21.1. The van der Waals surface area contributed by atoms with E-state index in [0.29, 0.717) is 18.6 Å². The number of carboxylic acid groups (broad SMARTS) is 1. The molecule has 0 spiro atoms. The van der Waals surface area contributed by atoms with Gasteiger partial charge in [0.25, 0.3) is 0 Å². The molecule has 0 radical (unpaired) electrons. The number of hydrogen-bond donors (Lipinski definition) is 2. The predicted octanol–water partition coefficient (Wildman–Crippen LogP) is 3.44. The molecule has 0 aliphatic heterocycles. The van der Waals surface area contributed by atoms with Gasteiger partial charge in [-0.2, -0.15) is 11.8 Å². The van der Waals surface area contributed by atoms with Gasteiger partial charge in [-0.05, 0) is 35.8 Å². The lowest BCUT2D eigenvalue weighted by Crippen LogP contribution is -2.17. The molecule has 1 fully saturated rings. The summed E-state index contributed by atoms with van der Waals surface area (Å²) in [5.74, 6) is 1.49. The van der Waals surface area contributed by atoms with Gasteiger partial charge in [-0.25, -0.2) is 0 Å². The van der Waals surface area contributed by atoms with E-state index in [2.05, 4.69) is 0 Å². The van der Waals surface area contributed by atoms with Crippen molar-refractivity contribution in [2.45, 2.75) is 37.0 Å². The third-order valence-electron chi connectivity index (χ3n) is 4.25. The molecule has 0 amide bonds. The summed E-state index contributed by atoms with van der Waals surface area (Å²) in [6.07, 6.45) is 6.23. The zero-order valence-corrected chi connectivity index (χ0v) is 16.4. The molecule has 1 aromatic carbocycles. The fraction of sp³-hybridized carbons (Fsp3) is 0.500. The number of hydrogen-bond acceptors (Lipinski definition) is 5. The Kier molecular flexibility index (Phi) is 9.29. The lowest BCUT2D eigenvalue weighted by Gasteiger charge is -2.15. The Bertz CT molecular complexity index is 603. The average molecular weight is 395 g/mol. The van der Waals surface area contributed by atoms with Gasteiger partial charge in [0.15, 0.2) is 0 Å². The highest BCUT2D eigenvalue weighted by Gasteiger charge is 2.33. The van der Waals surface area contributed by atoms with Crippen molar-refractivity contribution in [1.29, 1.82) is 0 Å². The van der Waals surface area contributed by atoms with Crippen molar-refractivity contribution in [2.24, 2.45) is 5.92 Å². The van der Waals surface area contributed by atoms with Crippen LogP contribution in [0.3, 0.4) is 0 Å². The van der Waals surface area contributed by atoms with Crippen LogP contribution in [0.1, 0.15) is 24.8 Å². The van der Waals surface area contributed by atoms with E-state index < -0.39 is 12.1 Å². The molecule has 26 heavy (non-hydrogen) atoms. The van der Waals surface area contributed by atoms with E-state index in [1.54, 1.807) is 11.8 Å². The smallest absolute Gasteiger partial charge is 0.313 e. The quantitative estimate of drug-likeness (QED) is 0.442. The predicted molar refractivity (Wildman–Crippen MR) is 109 cm³/mol. The molecule has 1 aliphatic rings. The highest BCUT2D eigenvalue weighted by atomic mass is 32.2. The fourth-order valence-corrected chi connectivity index (χ4v) is 5.17. The van der Waals surface area contributed by atoms with E-state index in [4.69, 9.17) is 5.11 Å². The summed E-state index contributed by atoms with van der Waals surface area (Å²) in [6, 6.07) is 9.87. The van der Waals surface area contributed by atoms with Crippen LogP contribution < -0.4 is 0 Å². The number of aliphatic carboxylic acids is 1. The number of benzene rings is 1. The molecular weight excluding hydrogens is 368 g/mol. The molecule has 4 nitrogen and oxygen atoms in total. The highest BCUT2D eigenvalue weighted by molar-refractivity contribution is 8.01. The van der Waals surface area contributed by atoms with Crippen LogP contribution >= 0.6 is 23.5 Å². The second-order valence-corrected chi connectivity index (χ2v) is 8.76. The molecule has 1 aromatic rings. The summed E-state index contributed by atoms with van der Waals surface area (Å²) < 4.78 is 0. The Morgan fingerprint density at radius 1 is 1.27 bits per heavy atom. The summed E-state index contributed by atoms with van der Waals surface area (Å²) in [5.41, 5.74) is 1.09. The molecule has 2 N–H and O–H groups in total. The van der Waals surface area contributed by atoms with Crippen LogP contribution in [0.5, 0.6) is 0 Å². The number of thioether (sulfide) groups is 2. The van der Waals surface area contributed by atoms with Gasteiger partial charge in [-0.1, -0.05) is 42.5 Å². The summed E-state index contributed by atoms with van der Waals surface area (Å²) >= 11 is 3.09. The molecule has 0 unspecified atom stereocenters. The van der Waals surface area contributed by atoms with E-state index in [0.717, 1.165) is 29.9 Å². The summed E-state index contributed by atoms with van der Waals surface area (Å²) in [6.45, 7) is 0. The number of rotatable bonds is 11. The lowest BCUT2D eigenvalue weighted by atomic mass is 10.0. The maximum atomic E-state index is 12.1. The Hall–Kier alpha value is -1.24. The SMILES string of the molecule is O=C(O)CSCCCS[C@H]1C(=O)CC[C@H]1C=C[C@H](O)Cc1ccccc1. The molecule has 0 heterocycles. The molecule has 1 aliphatic carbocycles. The van der Waals surface area contributed by atoms with Gasteiger partial charge in [0, 0.05) is 12.8 Å². The van der Waals surface area contributed by atoms with Crippen molar-refractivity contribution < 1.29 is 19.8 Å². The van der Waals surface area contributed by atoms with Crippen molar-refractivity contribution in [3.8, 4) is 0 Å². The first-order valence-corrected chi connectivity index (χ1v) is 11.1. The number of allylic oxidation sites excluding steroid dienone is 1. The summed E-state index contributed by atoms with van der Waals surface area (Å²) in [4.78, 5) is 22.6. The largest absolute Gasteiger partial charge is 0.481 e. The standard InChI is InChI=1S/C20H26O4S2/c21-17(13-15-5-2-1-3-6-15)9-7-16-8-10-18(22)20(16)26-12-4-11-25-14-19(23)24/h1-3,5-7,9,16-17,20-21H,4,8,10-14H2,(H,23,24)/t16-,17+,20-/m1/s1. The molecule has 2 rings (SSSR count). The van der Waals surface area contributed by atoms with Crippen LogP contribution in [0.4, 0.5) is 0 Å². The van der Waals surface area contributed by atoms with Gasteiger partial charge in [0.1, 0.15) is 5.78 Å². The third-order valence-corrected chi connectivity index (χ3v) is 6.78. The van der Waals surface area contributed by atoms with Crippen LogP contribution in [0.2, 0.25) is 0 Å². The Morgan fingerprint density at radius 2 is 2.04 bits per heavy atom. The molecule has 142 valence electrons. The van der Waals surface area contributed by atoms with Gasteiger partial charge in [-0.3, -0.25) is 9.59 Å². The minimum atomic E-state index is -0.784. The van der Waals surface area contributed by atoms with Gasteiger partial charge in [0.05, 0.1) is 17.1 Å². The van der Waals surface area contributed by atoms with Gasteiger partial charge in [0.2, 0.25) is 0 Å². The van der Waals surface area contributed by atoms with Crippen molar-refractivity contribution in [3.05, 3.63) is 48.0 Å². The van der Waals surface area contributed by atoms with Gasteiger partial charge < -0.3 is 10.2 Å². The molecule has 3 atom stereocenters. The van der Waals surface area contributed by atoms with Crippen molar-refractivity contribution in [3.63, 3.8) is 0 Å². The Labute approximate surface area is 163 Å². The van der Waals surface area contributed by atoms with Crippen LogP contribution in [0.25, 0.3) is 0 Å². The number of Topliss-reactive ketones (excluding diaryl/α,β-unsaturated/α-hetero) is 1. The monoisotopic (exact) mass is 394 g/mol. The third kappa shape index (κ3) is 7.56. The maximum Gasteiger partial charge on any atom is 0.313 e. The number of aliphatic hydroxyl groups is 1. The minimum Gasteiger partial charge on any atom is -0.481 e. The van der Waals surface area contributed by atoms with E-state index in [9.17, 15) is 14.7 Å². The van der Waals surface area contributed by atoms with Gasteiger partial charge >= 0.3 is 5.97 Å². The first-order chi connectivity index (χ1) is 12.6. The average Bonchev–Trinajstić information content (AvgIpc) is 2.97. The second kappa shape index (κ2) is 11.5. The minimum absolute atomic E-state index is 0.0281. The van der Waals surface area contributed by atoms with Crippen LogP contribution in [0.15, 0.2) is 42.5 Å². The Balaban J connectivity index is 1.74. The highest BCUT2D eigenvalue weighted by Crippen LogP contribution is 2.34. The summed E-state index contributed by atoms with van der Waals surface area (Å²) in [7, 11) is 0. The fourth-order valence-electron chi connectivity index (χ4n) is 2.98. The molecule has 1 saturated carbocycles. The first-order valence-electron chi connectivity index (χ1n) is 8.90. The molecule has 0 saturated heterocycles. The van der Waals surface area contributed by atoms with Crippen molar-refractivity contribution in [2.75, 3.05) is 17.3 Å². The second-order valence-electron chi connectivity index (χ2n) is 6.40. The normalized spacial score (nSPS) is 21.3. The van der Waals surface area contributed by atoms with E-state index >= 15 is 0 Å². The number of carbonyl (C=O) groups excluding carboxylic acids is 1. The van der Waals surface area contributed by atoms with E-state index in [-0.39, 0.29) is 16.9 Å². The molecule has 6 heteroatoms. The van der Waals surface area contributed by atoms with Crippen LogP contribution in [-0.4, -0.2) is 50.6 Å². The number of carbonyl (C=O) groups is 2. The van der Waals surface area contributed by atoms with Crippen LogP contribution in [0, 0.1) is 5.92 Å².